The van der Waals surface area contributed by atoms with Gasteiger partial charge in [-0.2, -0.15) is 11.8 Å². The SMILES string of the molecule is CSCCCCCNC1CCCCC1C1CCCN1. The topological polar surface area (TPSA) is 24.1 Å². The van der Waals surface area contributed by atoms with Gasteiger partial charge in [-0.3, -0.25) is 0 Å². The molecule has 2 aliphatic rings. The molecule has 0 amide bonds. The second-order valence-electron chi connectivity index (χ2n) is 6.27. The van der Waals surface area contributed by atoms with Crippen molar-refractivity contribution in [3.8, 4) is 0 Å². The van der Waals surface area contributed by atoms with Crippen molar-refractivity contribution in [3.63, 3.8) is 0 Å². The first kappa shape index (κ1) is 15.7. The van der Waals surface area contributed by atoms with Gasteiger partial charge in [0.15, 0.2) is 0 Å². The van der Waals surface area contributed by atoms with Gasteiger partial charge in [-0.25, -0.2) is 0 Å². The van der Waals surface area contributed by atoms with Gasteiger partial charge in [-0.05, 0) is 69.5 Å². The maximum absolute atomic E-state index is 3.88. The molecule has 0 bridgehead atoms. The Kier molecular flexibility index (Phi) is 7.62. The molecule has 1 saturated heterocycles. The Morgan fingerprint density at radius 1 is 1.05 bits per heavy atom. The van der Waals surface area contributed by atoms with E-state index in [4.69, 9.17) is 0 Å². The third kappa shape index (κ3) is 5.28. The lowest BCUT2D eigenvalue weighted by Gasteiger charge is -2.36. The van der Waals surface area contributed by atoms with Gasteiger partial charge >= 0.3 is 0 Å². The van der Waals surface area contributed by atoms with Crippen molar-refractivity contribution >= 4 is 11.8 Å². The molecule has 2 nitrogen and oxygen atoms in total. The second kappa shape index (κ2) is 9.25. The first-order valence-electron chi connectivity index (χ1n) is 8.37. The Bertz CT molecular complexity index is 229. The van der Waals surface area contributed by atoms with Crippen LogP contribution in [0.4, 0.5) is 0 Å². The molecule has 1 aliphatic carbocycles. The number of hydrogen-bond acceptors (Lipinski definition) is 3. The Morgan fingerprint density at radius 2 is 1.95 bits per heavy atom. The van der Waals surface area contributed by atoms with E-state index in [1.54, 1.807) is 0 Å². The molecule has 2 rings (SSSR count). The highest BCUT2D eigenvalue weighted by atomic mass is 32.2. The van der Waals surface area contributed by atoms with Gasteiger partial charge in [0.2, 0.25) is 0 Å². The fraction of sp³-hybridized carbons (Fsp3) is 1.00. The molecule has 112 valence electrons. The van der Waals surface area contributed by atoms with Crippen LogP contribution in [0.25, 0.3) is 0 Å². The standard InChI is InChI=1S/C16H32N2S/c1-19-13-6-2-5-11-17-15-9-4-3-8-14(15)16-10-7-12-18-16/h14-18H,2-13H2,1H3. The first-order chi connectivity index (χ1) is 9.42. The summed E-state index contributed by atoms with van der Waals surface area (Å²) in [5.74, 6) is 2.24. The normalized spacial score (nSPS) is 31.7. The third-order valence-electron chi connectivity index (χ3n) is 4.87. The van der Waals surface area contributed by atoms with Crippen molar-refractivity contribution in [3.05, 3.63) is 0 Å². The lowest BCUT2D eigenvalue weighted by molar-refractivity contribution is 0.214. The van der Waals surface area contributed by atoms with Crippen molar-refractivity contribution in [2.45, 2.75) is 69.9 Å². The molecule has 0 aromatic rings. The number of unbranched alkanes of at least 4 members (excludes halogenated alkanes) is 2. The molecule has 3 atom stereocenters. The summed E-state index contributed by atoms with van der Waals surface area (Å²) in [6.45, 7) is 2.49. The van der Waals surface area contributed by atoms with Crippen LogP contribution in [-0.4, -0.2) is 37.2 Å². The van der Waals surface area contributed by atoms with Crippen LogP contribution < -0.4 is 10.6 Å². The molecular formula is C16H32N2S. The minimum Gasteiger partial charge on any atom is -0.314 e. The Hall–Kier alpha value is 0.270. The largest absolute Gasteiger partial charge is 0.314 e. The Balaban J connectivity index is 1.64. The van der Waals surface area contributed by atoms with Crippen molar-refractivity contribution < 1.29 is 0 Å². The van der Waals surface area contributed by atoms with E-state index in [0.717, 1.165) is 18.0 Å². The summed E-state index contributed by atoms with van der Waals surface area (Å²) in [5.41, 5.74) is 0. The number of hydrogen-bond donors (Lipinski definition) is 2. The maximum Gasteiger partial charge on any atom is 0.0111 e. The van der Waals surface area contributed by atoms with E-state index in [-0.39, 0.29) is 0 Å². The summed E-state index contributed by atoms with van der Waals surface area (Å²) in [6.07, 6.45) is 14.9. The molecule has 0 spiro atoms. The van der Waals surface area contributed by atoms with E-state index in [1.165, 1.54) is 76.6 Å². The average molecular weight is 285 g/mol. The van der Waals surface area contributed by atoms with E-state index >= 15 is 0 Å². The van der Waals surface area contributed by atoms with Crippen LogP contribution in [0.3, 0.4) is 0 Å². The fourth-order valence-corrected chi connectivity index (χ4v) is 4.30. The maximum atomic E-state index is 3.88. The third-order valence-corrected chi connectivity index (χ3v) is 5.56. The van der Waals surface area contributed by atoms with Gasteiger partial charge in [0, 0.05) is 12.1 Å². The number of nitrogens with one attached hydrogen (secondary N) is 2. The summed E-state index contributed by atoms with van der Waals surface area (Å²) < 4.78 is 0. The highest BCUT2D eigenvalue weighted by Gasteiger charge is 2.32. The van der Waals surface area contributed by atoms with Gasteiger partial charge in [0.1, 0.15) is 0 Å². The molecule has 2 N–H and O–H groups in total. The van der Waals surface area contributed by atoms with Crippen LogP contribution in [0.15, 0.2) is 0 Å². The summed E-state index contributed by atoms with van der Waals surface area (Å²) in [6, 6.07) is 1.61. The zero-order valence-corrected chi connectivity index (χ0v) is 13.4. The van der Waals surface area contributed by atoms with Crippen LogP contribution in [0.5, 0.6) is 0 Å². The zero-order chi connectivity index (χ0) is 13.3. The Labute approximate surface area is 123 Å². The predicted octanol–water partition coefficient (Wildman–Crippen LogP) is 3.42. The highest BCUT2D eigenvalue weighted by molar-refractivity contribution is 7.98. The summed E-state index contributed by atoms with van der Waals surface area (Å²) in [5, 5.41) is 7.61. The summed E-state index contributed by atoms with van der Waals surface area (Å²) >= 11 is 1.98. The minimum atomic E-state index is 0.796. The first-order valence-corrected chi connectivity index (χ1v) is 9.77. The van der Waals surface area contributed by atoms with Crippen molar-refractivity contribution in [1.82, 2.24) is 10.6 Å². The molecule has 0 aromatic carbocycles. The molecule has 1 aliphatic heterocycles. The van der Waals surface area contributed by atoms with Crippen molar-refractivity contribution in [2.24, 2.45) is 5.92 Å². The molecular weight excluding hydrogens is 252 g/mol. The molecule has 2 fully saturated rings. The highest BCUT2D eigenvalue weighted by Crippen LogP contribution is 2.30. The molecule has 3 heteroatoms. The lowest BCUT2D eigenvalue weighted by Crippen LogP contribution is -2.47. The van der Waals surface area contributed by atoms with Gasteiger partial charge < -0.3 is 10.6 Å². The van der Waals surface area contributed by atoms with Crippen LogP contribution in [0.2, 0.25) is 0 Å². The van der Waals surface area contributed by atoms with E-state index in [0.29, 0.717) is 0 Å². The zero-order valence-electron chi connectivity index (χ0n) is 12.6. The number of thioether (sulfide) groups is 1. The monoisotopic (exact) mass is 284 g/mol. The van der Waals surface area contributed by atoms with Crippen LogP contribution in [-0.2, 0) is 0 Å². The van der Waals surface area contributed by atoms with Gasteiger partial charge in [0.25, 0.3) is 0 Å². The minimum absolute atomic E-state index is 0.796. The van der Waals surface area contributed by atoms with E-state index in [2.05, 4.69) is 16.9 Å². The summed E-state index contributed by atoms with van der Waals surface area (Å²) in [4.78, 5) is 0. The van der Waals surface area contributed by atoms with Crippen LogP contribution >= 0.6 is 11.8 Å². The van der Waals surface area contributed by atoms with Crippen molar-refractivity contribution in [1.29, 1.82) is 0 Å². The van der Waals surface area contributed by atoms with Gasteiger partial charge in [-0.1, -0.05) is 19.3 Å². The molecule has 1 saturated carbocycles. The van der Waals surface area contributed by atoms with Gasteiger partial charge in [0.05, 0.1) is 0 Å². The van der Waals surface area contributed by atoms with E-state index in [9.17, 15) is 0 Å². The smallest absolute Gasteiger partial charge is 0.0111 e. The summed E-state index contributed by atoms with van der Waals surface area (Å²) in [7, 11) is 0. The molecule has 3 unspecified atom stereocenters. The van der Waals surface area contributed by atoms with Gasteiger partial charge in [-0.15, -0.1) is 0 Å². The predicted molar refractivity (Wildman–Crippen MR) is 87.0 cm³/mol. The van der Waals surface area contributed by atoms with Crippen LogP contribution in [0.1, 0.15) is 57.8 Å². The molecule has 19 heavy (non-hydrogen) atoms. The fourth-order valence-electron chi connectivity index (χ4n) is 3.81. The van der Waals surface area contributed by atoms with Crippen molar-refractivity contribution in [2.75, 3.05) is 25.1 Å². The Morgan fingerprint density at radius 3 is 2.74 bits per heavy atom. The number of rotatable bonds is 8. The van der Waals surface area contributed by atoms with E-state index < -0.39 is 0 Å². The second-order valence-corrected chi connectivity index (χ2v) is 7.25. The molecule has 0 aromatic heterocycles. The van der Waals surface area contributed by atoms with E-state index in [1.807, 2.05) is 11.8 Å². The quantitative estimate of drug-likeness (QED) is 0.668. The van der Waals surface area contributed by atoms with Crippen LogP contribution in [0, 0.1) is 5.92 Å². The molecule has 0 radical (unpaired) electrons. The average Bonchev–Trinajstić information content (AvgIpc) is 2.97. The molecule has 1 heterocycles. The lowest BCUT2D eigenvalue weighted by atomic mass is 9.79.